The lowest BCUT2D eigenvalue weighted by Crippen LogP contribution is -2.54. The molecule has 3 amide bonds. The van der Waals surface area contributed by atoms with Gasteiger partial charge in [-0.15, -0.1) is 5.10 Å². The maximum atomic E-state index is 13.6. The molecular weight excluding hydrogens is 518 g/mol. The van der Waals surface area contributed by atoms with Crippen molar-refractivity contribution in [2.45, 2.75) is 31.5 Å². The summed E-state index contributed by atoms with van der Waals surface area (Å²) in [4.78, 5) is 40.4. The first kappa shape index (κ1) is 27.5. The molecule has 1 heterocycles. The zero-order valence-corrected chi connectivity index (χ0v) is 22.0. The summed E-state index contributed by atoms with van der Waals surface area (Å²) in [5.41, 5.74) is 7.78. The van der Waals surface area contributed by atoms with Gasteiger partial charge < -0.3 is 15.8 Å². The predicted molar refractivity (Wildman–Crippen MR) is 144 cm³/mol. The SMILES string of the molecule is CSCC[C@H](NC(=O)[C@@H](N)Cc1ccccc1)C(=O)N(C(=O)OCc1ccccc1)c1n[nH]c(=S)s1. The minimum Gasteiger partial charge on any atom is -0.444 e. The fourth-order valence-corrected chi connectivity index (χ4v) is 4.60. The van der Waals surface area contributed by atoms with Gasteiger partial charge in [0.1, 0.15) is 12.6 Å². The lowest BCUT2D eigenvalue weighted by Gasteiger charge is -2.25. The molecule has 1 aromatic heterocycles. The van der Waals surface area contributed by atoms with E-state index in [0.717, 1.165) is 27.4 Å². The molecule has 2 aromatic carbocycles. The number of thioether (sulfide) groups is 1. The van der Waals surface area contributed by atoms with E-state index in [1.807, 2.05) is 54.8 Å². The van der Waals surface area contributed by atoms with Gasteiger partial charge in [-0.1, -0.05) is 72.0 Å². The highest BCUT2D eigenvalue weighted by Crippen LogP contribution is 2.21. The van der Waals surface area contributed by atoms with E-state index >= 15 is 0 Å². The molecule has 0 fully saturated rings. The predicted octanol–water partition coefficient (Wildman–Crippen LogP) is 3.68. The minimum absolute atomic E-state index is 0.0278. The number of nitrogens with zero attached hydrogens (tertiary/aromatic N) is 2. The summed E-state index contributed by atoms with van der Waals surface area (Å²) in [6.07, 6.45) is 1.55. The second kappa shape index (κ2) is 13.9. The normalized spacial score (nSPS) is 12.4. The van der Waals surface area contributed by atoms with Gasteiger partial charge in [0, 0.05) is 0 Å². The number of H-pyrrole nitrogens is 1. The van der Waals surface area contributed by atoms with E-state index < -0.39 is 30.0 Å². The topological polar surface area (TPSA) is 130 Å². The number of hydrogen-bond acceptors (Lipinski definition) is 9. The molecule has 3 aromatic rings. The summed E-state index contributed by atoms with van der Waals surface area (Å²) in [5, 5.41) is 9.32. The number of amides is 3. The Bertz CT molecular complexity index is 1200. The van der Waals surface area contributed by atoms with Crippen LogP contribution in [-0.2, 0) is 27.4 Å². The average molecular weight is 546 g/mol. The Morgan fingerprint density at radius 1 is 1.14 bits per heavy atom. The Labute approximate surface area is 222 Å². The molecule has 190 valence electrons. The molecule has 3 rings (SSSR count). The maximum Gasteiger partial charge on any atom is 0.423 e. The fraction of sp³-hybridized carbons (Fsp3) is 0.292. The number of benzene rings is 2. The number of carbonyl (C=O) groups excluding carboxylic acids is 3. The highest BCUT2D eigenvalue weighted by molar-refractivity contribution is 7.98. The number of hydrogen-bond donors (Lipinski definition) is 3. The summed E-state index contributed by atoms with van der Waals surface area (Å²) in [6.45, 7) is -0.0386. The Balaban J connectivity index is 1.78. The Morgan fingerprint density at radius 3 is 2.36 bits per heavy atom. The van der Waals surface area contributed by atoms with Crippen LogP contribution in [0, 0.1) is 3.95 Å². The van der Waals surface area contributed by atoms with Gasteiger partial charge in [-0.05, 0) is 48.2 Å². The molecule has 0 aliphatic heterocycles. The van der Waals surface area contributed by atoms with E-state index in [4.69, 9.17) is 22.7 Å². The van der Waals surface area contributed by atoms with Gasteiger partial charge in [0.25, 0.3) is 5.91 Å². The first-order chi connectivity index (χ1) is 17.4. The van der Waals surface area contributed by atoms with Gasteiger partial charge in [0.15, 0.2) is 3.95 Å². The summed E-state index contributed by atoms with van der Waals surface area (Å²) in [7, 11) is 0. The van der Waals surface area contributed by atoms with Crippen LogP contribution < -0.4 is 16.0 Å². The van der Waals surface area contributed by atoms with E-state index in [1.54, 1.807) is 12.1 Å². The molecule has 9 nitrogen and oxygen atoms in total. The van der Waals surface area contributed by atoms with Crippen LogP contribution in [0.15, 0.2) is 60.7 Å². The molecule has 0 saturated carbocycles. The Kier molecular flexibility index (Phi) is 10.6. The number of rotatable bonds is 11. The van der Waals surface area contributed by atoms with Crippen LogP contribution >= 0.6 is 35.3 Å². The summed E-state index contributed by atoms with van der Waals surface area (Å²) < 4.78 is 5.69. The molecule has 4 N–H and O–H groups in total. The quantitative estimate of drug-likeness (QED) is 0.311. The first-order valence-corrected chi connectivity index (χ1v) is 13.7. The van der Waals surface area contributed by atoms with Crippen LogP contribution in [0.25, 0.3) is 0 Å². The van der Waals surface area contributed by atoms with E-state index in [1.165, 1.54) is 11.8 Å². The third-order valence-corrected chi connectivity index (χ3v) is 6.81. The number of anilines is 1. The summed E-state index contributed by atoms with van der Waals surface area (Å²) >= 11 is 7.55. The van der Waals surface area contributed by atoms with Crippen LogP contribution in [0.2, 0.25) is 0 Å². The molecule has 12 heteroatoms. The molecule has 36 heavy (non-hydrogen) atoms. The lowest BCUT2D eigenvalue weighted by atomic mass is 10.1. The minimum atomic E-state index is -1.02. The van der Waals surface area contributed by atoms with Crippen LogP contribution in [0.4, 0.5) is 9.93 Å². The zero-order valence-electron chi connectivity index (χ0n) is 19.6. The third kappa shape index (κ3) is 7.98. The number of aromatic amines is 1. The van der Waals surface area contributed by atoms with Gasteiger partial charge in [-0.3, -0.25) is 14.7 Å². The molecule has 0 unspecified atom stereocenters. The number of aromatic nitrogens is 2. The summed E-state index contributed by atoms with van der Waals surface area (Å²) in [5.74, 6) is -0.612. The summed E-state index contributed by atoms with van der Waals surface area (Å²) in [6, 6.07) is 16.5. The van der Waals surface area contributed by atoms with E-state index in [2.05, 4.69) is 15.5 Å². The molecule has 0 radical (unpaired) electrons. The molecule has 0 aliphatic carbocycles. The van der Waals surface area contributed by atoms with Crippen molar-refractivity contribution in [2.75, 3.05) is 16.9 Å². The van der Waals surface area contributed by atoms with Crippen molar-refractivity contribution in [3.8, 4) is 0 Å². The smallest absolute Gasteiger partial charge is 0.423 e. The van der Waals surface area contributed by atoms with Crippen molar-refractivity contribution in [2.24, 2.45) is 5.73 Å². The Hall–Kier alpha value is -3.06. The number of ether oxygens (including phenoxy) is 1. The number of carbonyl (C=O) groups is 3. The fourth-order valence-electron chi connectivity index (χ4n) is 3.25. The zero-order chi connectivity index (χ0) is 25.9. The first-order valence-electron chi connectivity index (χ1n) is 11.1. The van der Waals surface area contributed by atoms with Gasteiger partial charge in [-0.25, -0.2) is 4.79 Å². The highest BCUT2D eigenvalue weighted by atomic mass is 32.2. The lowest BCUT2D eigenvalue weighted by molar-refractivity contribution is -0.128. The van der Waals surface area contributed by atoms with Gasteiger partial charge >= 0.3 is 6.09 Å². The van der Waals surface area contributed by atoms with Gasteiger partial charge in [0.05, 0.1) is 6.04 Å². The molecule has 0 bridgehead atoms. The average Bonchev–Trinajstić information content (AvgIpc) is 3.31. The van der Waals surface area contributed by atoms with Gasteiger partial charge in [0.2, 0.25) is 11.0 Å². The van der Waals surface area contributed by atoms with E-state index in [-0.39, 0.29) is 22.1 Å². The molecule has 0 aliphatic rings. The van der Waals surface area contributed by atoms with Crippen molar-refractivity contribution < 1.29 is 19.1 Å². The number of nitrogens with two attached hydrogens (primary N) is 1. The number of nitrogens with one attached hydrogen (secondary N) is 2. The second-order valence-electron chi connectivity index (χ2n) is 7.75. The molecule has 0 saturated heterocycles. The van der Waals surface area contributed by atoms with E-state index in [9.17, 15) is 14.4 Å². The molecule has 0 spiro atoms. The molecule has 2 atom stereocenters. The van der Waals surface area contributed by atoms with Crippen molar-refractivity contribution in [1.29, 1.82) is 0 Å². The van der Waals surface area contributed by atoms with Crippen molar-refractivity contribution in [3.63, 3.8) is 0 Å². The van der Waals surface area contributed by atoms with Crippen molar-refractivity contribution >= 4 is 58.4 Å². The van der Waals surface area contributed by atoms with Crippen LogP contribution in [0.3, 0.4) is 0 Å². The molecular formula is C24H27N5O4S3. The largest absolute Gasteiger partial charge is 0.444 e. The highest BCUT2D eigenvalue weighted by Gasteiger charge is 2.35. The van der Waals surface area contributed by atoms with Crippen molar-refractivity contribution in [1.82, 2.24) is 15.5 Å². The van der Waals surface area contributed by atoms with Crippen molar-refractivity contribution in [3.05, 3.63) is 75.7 Å². The standard InChI is InChI=1S/C24H27N5O4S3/c1-35-13-12-19(26-20(30)18(25)14-16-8-4-2-5-9-16)21(31)29(22-27-28-23(34)36-22)24(32)33-15-17-10-6-3-7-11-17/h2-11,18-19H,12-15,25H2,1H3,(H,26,30)(H,28,34)/t18-,19-/m0/s1. The van der Waals surface area contributed by atoms with Gasteiger partial charge in [-0.2, -0.15) is 16.7 Å². The third-order valence-electron chi connectivity index (χ3n) is 5.09. The number of imide groups is 1. The monoisotopic (exact) mass is 545 g/mol. The van der Waals surface area contributed by atoms with Crippen LogP contribution in [0.1, 0.15) is 17.5 Å². The Morgan fingerprint density at radius 2 is 1.78 bits per heavy atom. The second-order valence-corrected chi connectivity index (χ2v) is 10.4. The van der Waals surface area contributed by atoms with E-state index in [0.29, 0.717) is 12.2 Å². The van der Waals surface area contributed by atoms with Crippen LogP contribution in [-0.4, -0.2) is 52.2 Å². The van der Waals surface area contributed by atoms with Crippen LogP contribution in [0.5, 0.6) is 0 Å². The maximum absolute atomic E-state index is 13.6.